The average Bonchev–Trinajstić information content (AvgIpc) is 3.21. The zero-order valence-corrected chi connectivity index (χ0v) is 18.8. The maximum Gasteiger partial charge on any atom is 0.253 e. The van der Waals surface area contributed by atoms with Gasteiger partial charge in [-0.3, -0.25) is 9.59 Å². The monoisotopic (exact) mass is 512 g/mol. The van der Waals surface area contributed by atoms with Crippen LogP contribution < -0.4 is 26.8 Å². The predicted molar refractivity (Wildman–Crippen MR) is 120 cm³/mol. The zero-order valence-electron chi connectivity index (χ0n) is 16.4. The molecule has 0 saturated carbocycles. The molecule has 3 rings (SSSR count). The number of nitrogens with one attached hydrogen (secondary N) is 3. The maximum atomic E-state index is 13.4. The molecule has 0 saturated heterocycles. The smallest absolute Gasteiger partial charge is 0.253 e. The molecule has 0 amide bonds. The van der Waals surface area contributed by atoms with Gasteiger partial charge in [0.25, 0.3) is 10.9 Å². The molecule has 0 aliphatic heterocycles. The predicted octanol–water partition coefficient (Wildman–Crippen LogP) is 2.84. The standard InChI is InChI=1S/C18H18BrFN6O4S/c1-8(2)22-13-12(15(27)16(13)28)21-5-6-31-18-14(25-30-26-18)17(24-29)23-9-3-4-11(20)10(19)7-9/h3-4,7-8,21-22,29H,5-6H2,1-2H3,(H,23,24). The number of oxime groups is 1. The fourth-order valence-corrected chi connectivity index (χ4v) is 3.71. The largest absolute Gasteiger partial charge is 0.409 e. The number of aromatic nitrogens is 2. The molecule has 0 aliphatic carbocycles. The molecule has 4 N–H and O–H groups in total. The van der Waals surface area contributed by atoms with Gasteiger partial charge in [-0.1, -0.05) is 16.9 Å². The van der Waals surface area contributed by atoms with Crippen molar-refractivity contribution in [3.63, 3.8) is 0 Å². The molecule has 31 heavy (non-hydrogen) atoms. The minimum atomic E-state index is -0.554. The number of nitrogens with zero attached hydrogens (tertiary/aromatic N) is 3. The van der Waals surface area contributed by atoms with E-state index in [1.54, 1.807) is 0 Å². The molecule has 0 unspecified atom stereocenters. The lowest BCUT2D eigenvalue weighted by Crippen LogP contribution is -2.39. The number of benzene rings is 1. The van der Waals surface area contributed by atoms with E-state index in [1.807, 2.05) is 13.8 Å². The first kappa shape index (κ1) is 22.7. The van der Waals surface area contributed by atoms with E-state index in [1.165, 1.54) is 30.0 Å². The SMILES string of the molecule is CC(C)Nc1c(NCCSc2nonc2/C(=N/O)Nc2ccc(F)c(Br)c2)c(=O)c1=O. The number of hydrogen-bond acceptors (Lipinski definition) is 10. The van der Waals surface area contributed by atoms with Crippen LogP contribution in [0.3, 0.4) is 0 Å². The van der Waals surface area contributed by atoms with Gasteiger partial charge in [0.2, 0.25) is 5.84 Å². The fourth-order valence-electron chi connectivity index (χ4n) is 2.57. The summed E-state index contributed by atoms with van der Waals surface area (Å²) in [6.07, 6.45) is 0. The van der Waals surface area contributed by atoms with Gasteiger partial charge >= 0.3 is 0 Å². The summed E-state index contributed by atoms with van der Waals surface area (Å²) in [5, 5.41) is 29.1. The van der Waals surface area contributed by atoms with Gasteiger partial charge < -0.3 is 21.2 Å². The normalized spacial score (nSPS) is 11.8. The summed E-state index contributed by atoms with van der Waals surface area (Å²) in [5.74, 6) is -0.0309. The van der Waals surface area contributed by atoms with Gasteiger partial charge in [0.05, 0.1) is 4.47 Å². The Morgan fingerprint density at radius 1 is 1.29 bits per heavy atom. The molecular weight excluding hydrogens is 495 g/mol. The Balaban J connectivity index is 1.60. The van der Waals surface area contributed by atoms with Crippen molar-refractivity contribution in [1.82, 2.24) is 10.3 Å². The second kappa shape index (κ2) is 9.92. The third kappa shape index (κ3) is 5.22. The molecule has 0 fully saturated rings. The molecule has 13 heteroatoms. The van der Waals surface area contributed by atoms with Crippen molar-refractivity contribution < 1.29 is 14.2 Å². The van der Waals surface area contributed by atoms with Crippen molar-refractivity contribution in [3.8, 4) is 0 Å². The Hall–Kier alpha value is -2.93. The molecule has 1 aromatic heterocycles. The van der Waals surface area contributed by atoms with Gasteiger partial charge in [0.1, 0.15) is 17.2 Å². The van der Waals surface area contributed by atoms with Crippen LogP contribution in [0, 0.1) is 5.82 Å². The molecule has 2 aromatic carbocycles. The van der Waals surface area contributed by atoms with Crippen molar-refractivity contribution in [1.29, 1.82) is 0 Å². The van der Waals surface area contributed by atoms with Gasteiger partial charge in [0.15, 0.2) is 10.7 Å². The summed E-state index contributed by atoms with van der Waals surface area (Å²) in [7, 11) is 0. The highest BCUT2D eigenvalue weighted by Gasteiger charge is 2.22. The molecule has 0 spiro atoms. The first-order valence-electron chi connectivity index (χ1n) is 9.05. The van der Waals surface area contributed by atoms with E-state index in [4.69, 9.17) is 4.63 Å². The first-order valence-corrected chi connectivity index (χ1v) is 10.8. The molecule has 3 aromatic rings. The van der Waals surface area contributed by atoms with Crippen LogP contribution in [0.2, 0.25) is 0 Å². The summed E-state index contributed by atoms with van der Waals surface area (Å²) >= 11 is 4.32. The van der Waals surface area contributed by atoms with Crippen molar-refractivity contribution in [2.75, 3.05) is 28.2 Å². The number of hydrogen-bond donors (Lipinski definition) is 4. The van der Waals surface area contributed by atoms with Crippen LogP contribution in [0.1, 0.15) is 19.5 Å². The third-order valence-corrected chi connectivity index (χ3v) is 5.51. The van der Waals surface area contributed by atoms with E-state index in [9.17, 15) is 19.2 Å². The van der Waals surface area contributed by atoms with E-state index >= 15 is 0 Å². The van der Waals surface area contributed by atoms with Gasteiger partial charge in [-0.25, -0.2) is 9.02 Å². The summed E-state index contributed by atoms with van der Waals surface area (Å²) in [4.78, 5) is 23.4. The number of anilines is 3. The summed E-state index contributed by atoms with van der Waals surface area (Å²) < 4.78 is 18.4. The number of halogens is 2. The lowest BCUT2D eigenvalue weighted by Gasteiger charge is -2.16. The van der Waals surface area contributed by atoms with Gasteiger partial charge in [0, 0.05) is 24.0 Å². The van der Waals surface area contributed by atoms with Gasteiger partial charge in [-0.15, -0.1) is 0 Å². The molecule has 10 nitrogen and oxygen atoms in total. The van der Waals surface area contributed by atoms with Crippen molar-refractivity contribution in [3.05, 3.63) is 54.6 Å². The maximum absolute atomic E-state index is 13.4. The summed E-state index contributed by atoms with van der Waals surface area (Å²) in [5.41, 5.74) is 0.0729. The molecule has 0 radical (unpaired) electrons. The van der Waals surface area contributed by atoms with E-state index in [-0.39, 0.29) is 33.4 Å². The van der Waals surface area contributed by atoms with Gasteiger partial charge in [-0.2, -0.15) is 0 Å². The highest BCUT2D eigenvalue weighted by molar-refractivity contribution is 9.10. The zero-order chi connectivity index (χ0) is 22.5. The average molecular weight is 513 g/mol. The topological polar surface area (TPSA) is 142 Å². The molecule has 0 bridgehead atoms. The number of thioether (sulfide) groups is 1. The van der Waals surface area contributed by atoms with Gasteiger partial charge in [-0.05, 0) is 58.3 Å². The van der Waals surface area contributed by atoms with Crippen molar-refractivity contribution in [2.24, 2.45) is 5.16 Å². The Bertz CT molecular complexity index is 1170. The number of rotatable bonds is 9. The lowest BCUT2D eigenvalue weighted by atomic mass is 10.1. The van der Waals surface area contributed by atoms with E-state index in [0.29, 0.717) is 23.0 Å². The van der Waals surface area contributed by atoms with Crippen molar-refractivity contribution >= 4 is 50.6 Å². The van der Waals surface area contributed by atoms with E-state index < -0.39 is 16.7 Å². The first-order chi connectivity index (χ1) is 14.8. The van der Waals surface area contributed by atoms with E-state index in [2.05, 4.69) is 47.3 Å². The molecular formula is C18H18BrFN6O4S. The molecule has 0 aliphatic rings. The third-order valence-electron chi connectivity index (χ3n) is 3.95. The molecule has 1 heterocycles. The highest BCUT2D eigenvalue weighted by Crippen LogP contribution is 2.23. The minimum absolute atomic E-state index is 0.0207. The Kier molecular flexibility index (Phi) is 7.28. The molecule has 0 atom stereocenters. The minimum Gasteiger partial charge on any atom is -0.409 e. The van der Waals surface area contributed by atoms with Crippen LogP contribution in [-0.4, -0.2) is 39.7 Å². The number of amidine groups is 1. The summed E-state index contributed by atoms with van der Waals surface area (Å²) in [6.45, 7) is 4.10. The second-order valence-corrected chi connectivity index (χ2v) is 8.54. The van der Waals surface area contributed by atoms with Crippen LogP contribution in [0.25, 0.3) is 0 Å². The molecule has 164 valence electrons. The van der Waals surface area contributed by atoms with E-state index in [0.717, 1.165) is 0 Å². The highest BCUT2D eigenvalue weighted by atomic mass is 79.9. The Labute approximate surface area is 188 Å². The second-order valence-electron chi connectivity index (χ2n) is 6.60. The quantitative estimate of drug-likeness (QED) is 0.0642. The summed E-state index contributed by atoms with van der Waals surface area (Å²) in [6, 6.07) is 4.20. The van der Waals surface area contributed by atoms with Crippen LogP contribution in [0.4, 0.5) is 21.5 Å². The van der Waals surface area contributed by atoms with Crippen LogP contribution in [0.5, 0.6) is 0 Å². The van der Waals surface area contributed by atoms with Crippen molar-refractivity contribution in [2.45, 2.75) is 24.9 Å². The Morgan fingerprint density at radius 3 is 2.71 bits per heavy atom. The van der Waals surface area contributed by atoms with Crippen LogP contribution in [-0.2, 0) is 0 Å². The lowest BCUT2D eigenvalue weighted by molar-refractivity contribution is 0.297. The fraction of sp³-hybridized carbons (Fsp3) is 0.278. The van der Waals surface area contributed by atoms with Crippen LogP contribution in [0.15, 0.2) is 47.1 Å². The van der Waals surface area contributed by atoms with Crippen LogP contribution >= 0.6 is 27.7 Å². The Morgan fingerprint density at radius 2 is 2.03 bits per heavy atom.